The van der Waals surface area contributed by atoms with Crippen molar-refractivity contribution in [2.75, 3.05) is 12.4 Å². The first-order valence-electron chi connectivity index (χ1n) is 2.81. The fourth-order valence-corrected chi connectivity index (χ4v) is 0.623. The molecule has 0 aromatic rings. The molecule has 0 atom stereocenters. The molecule has 1 N–H and O–H groups in total. The zero-order chi connectivity index (χ0) is 9.78. The van der Waals surface area contributed by atoms with E-state index in [0.717, 1.165) is 0 Å². The predicted octanol–water partition coefficient (Wildman–Crippen LogP) is -4.84. The summed E-state index contributed by atoms with van der Waals surface area (Å²) in [4.78, 5) is 9.91. The number of carboxylic acids is 1. The van der Waals surface area contributed by atoms with Gasteiger partial charge in [0, 0.05) is 0 Å². The molecule has 70 valence electrons. The van der Waals surface area contributed by atoms with Gasteiger partial charge in [0.1, 0.15) is 24.1 Å². The molecule has 0 aliphatic carbocycles. The first kappa shape index (κ1) is 15.4. The Labute approximate surface area is 97.6 Å². The predicted molar refractivity (Wildman–Crippen MR) is 36.5 cm³/mol. The number of carboxylic acid groups (broad SMARTS) is 1. The third-order valence-electron chi connectivity index (χ3n) is 0.845. The zero-order valence-corrected chi connectivity index (χ0v) is 9.83. The van der Waals surface area contributed by atoms with Crippen LogP contribution in [-0.2, 0) is 19.6 Å². The number of carbonyl (C=O) groups excluding carboxylic acids is 1. The molecule has 0 amide bonds. The van der Waals surface area contributed by atoms with Crippen molar-refractivity contribution in [3.05, 3.63) is 12.3 Å². The van der Waals surface area contributed by atoms with Gasteiger partial charge in [0.05, 0.1) is 0 Å². The maximum atomic E-state index is 10.1. The van der Waals surface area contributed by atoms with Crippen LogP contribution >= 0.6 is 0 Å². The van der Waals surface area contributed by atoms with Gasteiger partial charge in [-0.05, 0) is 0 Å². The van der Waals surface area contributed by atoms with E-state index in [4.69, 9.17) is 4.55 Å². The third kappa shape index (κ3) is 9.84. The summed E-state index contributed by atoms with van der Waals surface area (Å²) in [5.74, 6) is -2.97. The van der Waals surface area contributed by atoms with E-state index < -0.39 is 34.2 Å². The van der Waals surface area contributed by atoms with E-state index in [-0.39, 0.29) is 29.6 Å². The van der Waals surface area contributed by atoms with E-state index >= 15 is 0 Å². The number of carbonyl (C=O) groups is 1. The first-order chi connectivity index (χ1) is 5.33. The molecule has 0 spiro atoms. The second-order valence-electron chi connectivity index (χ2n) is 1.85. The molecule has 0 heterocycles. The molecule has 0 aromatic carbocycles. The largest absolute Gasteiger partial charge is 1.00 e. The molecule has 0 saturated carbocycles. The van der Waals surface area contributed by atoms with E-state index in [1.54, 1.807) is 0 Å². The molecule has 13 heavy (non-hydrogen) atoms. The first-order valence-corrected chi connectivity index (χ1v) is 4.42. The normalized spacial score (nSPS) is 9.92. The summed E-state index contributed by atoms with van der Waals surface area (Å²) < 4.78 is 32.6. The van der Waals surface area contributed by atoms with Crippen molar-refractivity contribution in [2.24, 2.45) is 0 Å². The van der Waals surface area contributed by atoms with E-state index in [9.17, 15) is 18.3 Å². The summed E-state index contributed by atoms with van der Waals surface area (Å²) in [6.07, 6.45) is 0. The van der Waals surface area contributed by atoms with Crippen LogP contribution in [0.1, 0.15) is 0 Å². The number of aliphatic carboxylic acids is 1. The quantitative estimate of drug-likeness (QED) is 0.215. The molecule has 0 saturated heterocycles. The fourth-order valence-electron chi connectivity index (χ4n) is 0.329. The van der Waals surface area contributed by atoms with Gasteiger partial charge >= 0.3 is 29.6 Å². The molecule has 0 aromatic heterocycles. The van der Waals surface area contributed by atoms with Crippen LogP contribution in [0.4, 0.5) is 0 Å². The van der Waals surface area contributed by atoms with Crippen molar-refractivity contribution in [3.63, 3.8) is 0 Å². The summed E-state index contributed by atoms with van der Waals surface area (Å²) in [7, 11) is -4.12. The molecule has 0 radical (unpaired) electrons. The average Bonchev–Trinajstić information content (AvgIpc) is 1.84. The van der Waals surface area contributed by atoms with Gasteiger partial charge < -0.3 is 14.6 Å². The molecule has 0 bridgehead atoms. The van der Waals surface area contributed by atoms with Crippen LogP contribution in [0.5, 0.6) is 0 Å². The summed E-state index contributed by atoms with van der Waals surface area (Å²) in [6.45, 7) is 2.45. The third-order valence-corrected chi connectivity index (χ3v) is 1.53. The van der Waals surface area contributed by atoms with Gasteiger partial charge in [-0.15, -0.1) is 0 Å². The van der Waals surface area contributed by atoms with Crippen molar-refractivity contribution in [2.45, 2.75) is 0 Å². The molecule has 6 nitrogen and oxygen atoms in total. The zero-order valence-electron chi connectivity index (χ0n) is 7.02. The van der Waals surface area contributed by atoms with Crippen LogP contribution in [0.15, 0.2) is 12.3 Å². The summed E-state index contributed by atoms with van der Waals surface area (Å²) >= 11 is 0. The van der Waals surface area contributed by atoms with Gasteiger partial charge in [-0.3, -0.25) is 4.55 Å². The van der Waals surface area contributed by atoms with E-state index in [1.807, 2.05) is 0 Å². The Morgan fingerprint density at radius 2 is 2.00 bits per heavy atom. The van der Waals surface area contributed by atoms with Gasteiger partial charge in [0.25, 0.3) is 10.1 Å². The van der Waals surface area contributed by atoms with Crippen LogP contribution in [0.2, 0.25) is 0 Å². The minimum Gasteiger partial charge on any atom is -0.542 e. The standard InChI is InChI=1S/C5H8O6S.Na/c1-4(5(6)7)11-2-3-12(8,9)10;/h1-3H2,(H,6,7)(H,8,9,10);/q;+1/p-1. The second-order valence-corrected chi connectivity index (χ2v) is 3.42. The second kappa shape index (κ2) is 6.39. The van der Waals surface area contributed by atoms with Crippen LogP contribution in [0.25, 0.3) is 0 Å². The molecular weight excluding hydrogens is 211 g/mol. The summed E-state index contributed by atoms with van der Waals surface area (Å²) in [5.41, 5.74) is 0. The molecule has 8 heteroatoms. The minimum atomic E-state index is -4.12. The van der Waals surface area contributed by atoms with Crippen molar-refractivity contribution in [1.29, 1.82) is 0 Å². The molecule has 0 unspecified atom stereocenters. The van der Waals surface area contributed by atoms with Crippen molar-refractivity contribution < 1.29 is 57.2 Å². The molecule has 0 aliphatic heterocycles. The van der Waals surface area contributed by atoms with Crippen LogP contribution in [0, 0.1) is 0 Å². The Kier molecular flexibility index (Phi) is 7.56. The smallest absolute Gasteiger partial charge is 0.542 e. The molecule has 0 aliphatic rings. The maximum Gasteiger partial charge on any atom is 1.00 e. The minimum absolute atomic E-state index is 0. The Balaban J connectivity index is 0. The average molecular weight is 218 g/mol. The maximum absolute atomic E-state index is 10.1. The van der Waals surface area contributed by atoms with E-state index in [2.05, 4.69) is 11.3 Å². The molecular formula is C5H7NaO6S. The Morgan fingerprint density at radius 3 is 2.31 bits per heavy atom. The topological polar surface area (TPSA) is 104 Å². The Bertz CT molecular complexity index is 281. The van der Waals surface area contributed by atoms with E-state index in [0.29, 0.717) is 0 Å². The Morgan fingerprint density at radius 1 is 1.54 bits per heavy atom. The van der Waals surface area contributed by atoms with Crippen LogP contribution in [0.3, 0.4) is 0 Å². The summed E-state index contributed by atoms with van der Waals surface area (Å²) in [6, 6.07) is 0. The van der Waals surface area contributed by atoms with E-state index in [1.165, 1.54) is 0 Å². The fraction of sp³-hybridized carbons (Fsp3) is 0.400. The van der Waals surface area contributed by atoms with Crippen molar-refractivity contribution in [3.8, 4) is 0 Å². The molecule has 0 fully saturated rings. The Hall–Kier alpha value is -0.0800. The molecule has 0 rings (SSSR count). The van der Waals surface area contributed by atoms with Gasteiger partial charge in [-0.25, -0.2) is 0 Å². The van der Waals surface area contributed by atoms with Crippen molar-refractivity contribution in [1.82, 2.24) is 0 Å². The van der Waals surface area contributed by atoms with Gasteiger partial charge in [-0.1, -0.05) is 6.58 Å². The monoisotopic (exact) mass is 218 g/mol. The van der Waals surface area contributed by atoms with Crippen LogP contribution < -0.4 is 34.7 Å². The van der Waals surface area contributed by atoms with Gasteiger partial charge in [-0.2, -0.15) is 8.42 Å². The van der Waals surface area contributed by atoms with Gasteiger partial charge in [0.15, 0.2) is 0 Å². The summed E-state index contributed by atoms with van der Waals surface area (Å²) in [5, 5.41) is 9.91. The van der Waals surface area contributed by atoms with Gasteiger partial charge in [0.2, 0.25) is 0 Å². The number of hydrogen-bond donors (Lipinski definition) is 1. The van der Waals surface area contributed by atoms with Crippen LogP contribution in [-0.4, -0.2) is 31.3 Å². The number of hydrogen-bond acceptors (Lipinski definition) is 5. The van der Waals surface area contributed by atoms with Crippen molar-refractivity contribution >= 4 is 16.1 Å². The SMILES string of the molecule is C=C(OCCS(=O)(=O)O)C(=O)[O-].[Na+]. The number of rotatable bonds is 5. The number of ether oxygens (including phenoxy) is 1.